The molecule has 1 aromatic carbocycles. The Morgan fingerprint density at radius 2 is 2.04 bits per heavy atom. The van der Waals surface area contributed by atoms with Crippen LogP contribution in [0.5, 0.6) is 5.88 Å². The molecule has 0 unspecified atom stereocenters. The van der Waals surface area contributed by atoms with Gasteiger partial charge < -0.3 is 20.8 Å². The van der Waals surface area contributed by atoms with Gasteiger partial charge in [-0.05, 0) is 31.5 Å². The first-order chi connectivity index (χ1) is 12.1. The van der Waals surface area contributed by atoms with E-state index in [1.807, 2.05) is 44.2 Å². The summed E-state index contributed by atoms with van der Waals surface area (Å²) >= 11 is 0. The highest BCUT2D eigenvalue weighted by Crippen LogP contribution is 2.28. The van der Waals surface area contributed by atoms with Crippen LogP contribution in [0.2, 0.25) is 0 Å². The monoisotopic (exact) mass is 334 g/mol. The van der Waals surface area contributed by atoms with E-state index in [2.05, 4.69) is 20.3 Å². The van der Waals surface area contributed by atoms with Crippen molar-refractivity contribution >= 4 is 17.2 Å². The molecule has 7 heteroatoms. The topological polar surface area (TPSA) is 113 Å². The highest BCUT2D eigenvalue weighted by atomic mass is 16.5. The number of pyridine rings is 1. The van der Waals surface area contributed by atoms with Crippen molar-refractivity contribution in [2.45, 2.75) is 20.0 Å². The van der Waals surface area contributed by atoms with Crippen LogP contribution >= 0.6 is 0 Å². The van der Waals surface area contributed by atoms with Crippen LogP contribution in [0.1, 0.15) is 19.4 Å². The van der Waals surface area contributed by atoms with Crippen LogP contribution in [-0.4, -0.2) is 21.1 Å². The molecule has 25 heavy (non-hydrogen) atoms. The number of rotatable bonds is 5. The number of H-pyrrole nitrogens is 1. The van der Waals surface area contributed by atoms with Crippen molar-refractivity contribution in [2.75, 3.05) is 11.1 Å². The summed E-state index contributed by atoms with van der Waals surface area (Å²) in [5, 5.41) is 12.4. The smallest absolute Gasteiger partial charge is 0.236 e. The van der Waals surface area contributed by atoms with E-state index in [1.54, 1.807) is 18.6 Å². The molecular weight excluding hydrogens is 316 g/mol. The van der Waals surface area contributed by atoms with E-state index < -0.39 is 0 Å². The molecule has 2 heterocycles. The minimum Gasteiger partial charge on any atom is -0.474 e. The summed E-state index contributed by atoms with van der Waals surface area (Å²) in [6, 6.07) is 11.4. The number of nitrogens with zero attached hydrogens (tertiary/aromatic N) is 3. The molecule has 0 aliphatic rings. The molecular formula is C18H18N6O. The van der Waals surface area contributed by atoms with Crippen LogP contribution in [0.3, 0.4) is 0 Å². The van der Waals surface area contributed by atoms with Gasteiger partial charge in [-0.3, -0.25) is 0 Å². The number of hydrogen-bond donors (Lipinski definition) is 3. The number of nitriles is 1. The van der Waals surface area contributed by atoms with Crippen molar-refractivity contribution in [3.05, 3.63) is 48.4 Å². The van der Waals surface area contributed by atoms with Crippen molar-refractivity contribution in [1.82, 2.24) is 15.0 Å². The van der Waals surface area contributed by atoms with Gasteiger partial charge in [-0.25, -0.2) is 4.98 Å². The second-order valence-electron chi connectivity index (χ2n) is 5.72. The first-order valence-corrected chi connectivity index (χ1v) is 7.80. The average Bonchev–Trinajstić information content (AvgIpc) is 3.09. The van der Waals surface area contributed by atoms with Crippen molar-refractivity contribution < 1.29 is 4.74 Å². The summed E-state index contributed by atoms with van der Waals surface area (Å²) in [5.41, 5.74) is 9.34. The van der Waals surface area contributed by atoms with Crippen molar-refractivity contribution in [2.24, 2.45) is 0 Å². The van der Waals surface area contributed by atoms with E-state index in [-0.39, 0.29) is 17.5 Å². The predicted octanol–water partition coefficient (Wildman–Crippen LogP) is 3.46. The lowest BCUT2D eigenvalue weighted by molar-refractivity contribution is 0.232. The normalized spacial score (nSPS) is 10.5. The lowest BCUT2D eigenvalue weighted by Gasteiger charge is -2.14. The third-order valence-corrected chi connectivity index (χ3v) is 3.44. The molecule has 0 aliphatic carbocycles. The number of hydrogen-bond acceptors (Lipinski definition) is 6. The summed E-state index contributed by atoms with van der Waals surface area (Å²) in [7, 11) is 0. The zero-order chi connectivity index (χ0) is 17.8. The van der Waals surface area contributed by atoms with Gasteiger partial charge in [0.05, 0.1) is 30.0 Å². The number of anilines is 3. The zero-order valence-electron chi connectivity index (χ0n) is 13.9. The minimum atomic E-state index is -0.108. The van der Waals surface area contributed by atoms with Gasteiger partial charge in [0.1, 0.15) is 17.5 Å². The molecule has 0 saturated carbocycles. The van der Waals surface area contributed by atoms with Crippen molar-refractivity contribution in [3.63, 3.8) is 0 Å². The number of nitrogens with one attached hydrogen (secondary N) is 2. The Morgan fingerprint density at radius 1 is 1.28 bits per heavy atom. The first kappa shape index (κ1) is 16.3. The predicted molar refractivity (Wildman–Crippen MR) is 96.4 cm³/mol. The molecule has 0 bridgehead atoms. The Morgan fingerprint density at radius 3 is 2.64 bits per heavy atom. The molecule has 0 saturated heterocycles. The highest BCUT2D eigenvalue weighted by Gasteiger charge is 2.13. The standard InChI is InChI=1S/C18H18N6O/c1-11(2)25-18-14(8-19)15(20)7-17(24-18)23-13-5-3-12(4-6-13)16-9-21-10-22-16/h3-7,9-11H,1-2H3,(H,21,22)(H3,20,23,24). The van der Waals surface area contributed by atoms with Gasteiger partial charge in [-0.2, -0.15) is 10.2 Å². The minimum absolute atomic E-state index is 0.108. The van der Waals surface area contributed by atoms with E-state index in [0.29, 0.717) is 11.5 Å². The maximum absolute atomic E-state index is 9.24. The van der Waals surface area contributed by atoms with Gasteiger partial charge in [0, 0.05) is 11.8 Å². The van der Waals surface area contributed by atoms with Crippen LogP contribution in [0.4, 0.5) is 17.2 Å². The molecule has 0 amide bonds. The molecule has 3 aromatic rings. The number of benzene rings is 1. The van der Waals surface area contributed by atoms with Crippen LogP contribution in [0.25, 0.3) is 11.3 Å². The van der Waals surface area contributed by atoms with Crippen LogP contribution < -0.4 is 15.8 Å². The van der Waals surface area contributed by atoms with E-state index >= 15 is 0 Å². The van der Waals surface area contributed by atoms with E-state index in [1.165, 1.54) is 0 Å². The van der Waals surface area contributed by atoms with Crippen molar-refractivity contribution in [1.29, 1.82) is 5.26 Å². The zero-order valence-corrected chi connectivity index (χ0v) is 13.9. The Bertz CT molecular complexity index is 895. The molecule has 0 radical (unpaired) electrons. The van der Waals surface area contributed by atoms with Crippen LogP contribution in [-0.2, 0) is 0 Å². The summed E-state index contributed by atoms with van der Waals surface area (Å²) in [6.45, 7) is 3.74. The second-order valence-corrected chi connectivity index (χ2v) is 5.72. The molecule has 0 atom stereocenters. The van der Waals surface area contributed by atoms with E-state index in [0.717, 1.165) is 16.9 Å². The number of nitrogens with two attached hydrogens (primary N) is 1. The maximum atomic E-state index is 9.24. The Balaban J connectivity index is 1.85. The SMILES string of the molecule is CC(C)Oc1nc(Nc2ccc(-c3cnc[nH]3)cc2)cc(N)c1C#N. The number of aromatic amines is 1. The average molecular weight is 334 g/mol. The van der Waals surface area contributed by atoms with Gasteiger partial charge in [-0.15, -0.1) is 0 Å². The Kier molecular flexibility index (Phi) is 4.53. The largest absolute Gasteiger partial charge is 0.474 e. The van der Waals surface area contributed by atoms with E-state index in [4.69, 9.17) is 10.5 Å². The summed E-state index contributed by atoms with van der Waals surface area (Å²) < 4.78 is 5.60. The Hall–Kier alpha value is -3.53. The number of nitrogen functional groups attached to an aromatic ring is 1. The summed E-state index contributed by atoms with van der Waals surface area (Å²) in [4.78, 5) is 11.4. The Labute approximate surface area is 145 Å². The number of imidazole rings is 1. The van der Waals surface area contributed by atoms with Gasteiger partial charge in [-0.1, -0.05) is 12.1 Å². The molecule has 0 fully saturated rings. The second kappa shape index (κ2) is 6.93. The van der Waals surface area contributed by atoms with Gasteiger partial charge in [0.2, 0.25) is 5.88 Å². The molecule has 0 spiro atoms. The first-order valence-electron chi connectivity index (χ1n) is 7.80. The quantitative estimate of drug-likeness (QED) is 0.658. The third kappa shape index (κ3) is 3.70. The number of aromatic nitrogens is 3. The van der Waals surface area contributed by atoms with E-state index in [9.17, 15) is 5.26 Å². The summed E-state index contributed by atoms with van der Waals surface area (Å²) in [5.74, 6) is 0.746. The molecule has 3 rings (SSSR count). The lowest BCUT2D eigenvalue weighted by atomic mass is 10.1. The lowest BCUT2D eigenvalue weighted by Crippen LogP contribution is -2.10. The van der Waals surface area contributed by atoms with Gasteiger partial charge in [0.15, 0.2) is 0 Å². The fourth-order valence-corrected chi connectivity index (χ4v) is 2.32. The molecule has 2 aromatic heterocycles. The number of ether oxygens (including phenoxy) is 1. The molecule has 4 N–H and O–H groups in total. The fourth-order valence-electron chi connectivity index (χ4n) is 2.32. The molecule has 126 valence electrons. The summed E-state index contributed by atoms with van der Waals surface area (Å²) in [6.07, 6.45) is 3.30. The highest BCUT2D eigenvalue weighted by molar-refractivity contribution is 5.69. The van der Waals surface area contributed by atoms with Gasteiger partial charge in [0.25, 0.3) is 0 Å². The molecule has 7 nitrogen and oxygen atoms in total. The maximum Gasteiger partial charge on any atom is 0.236 e. The van der Waals surface area contributed by atoms with Crippen molar-refractivity contribution in [3.8, 4) is 23.2 Å². The fraction of sp³-hybridized carbons (Fsp3) is 0.167. The van der Waals surface area contributed by atoms with Crippen LogP contribution in [0, 0.1) is 11.3 Å². The van der Waals surface area contributed by atoms with Gasteiger partial charge >= 0.3 is 0 Å². The molecule has 0 aliphatic heterocycles. The van der Waals surface area contributed by atoms with Crippen LogP contribution in [0.15, 0.2) is 42.9 Å². The third-order valence-electron chi connectivity index (χ3n) is 3.44.